The number of aliphatic hydroxyl groups is 1. The van der Waals surface area contributed by atoms with Crippen molar-refractivity contribution < 1.29 is 32.9 Å². The summed E-state index contributed by atoms with van der Waals surface area (Å²) in [5, 5.41) is 13.9. The van der Waals surface area contributed by atoms with Gasteiger partial charge < -0.3 is 19.8 Å². The number of quaternary nitrogens is 1. The van der Waals surface area contributed by atoms with Crippen molar-refractivity contribution in [2.75, 3.05) is 40.9 Å². The predicted molar refractivity (Wildman–Crippen MR) is 208 cm³/mol. The van der Waals surface area contributed by atoms with Gasteiger partial charge in [-0.1, -0.05) is 181 Å². The molecule has 3 unspecified atom stereocenters. The van der Waals surface area contributed by atoms with E-state index in [0.717, 1.165) is 38.5 Å². The molecule has 1 amide bonds. The molecule has 0 spiro atoms. The van der Waals surface area contributed by atoms with Gasteiger partial charge in [0.2, 0.25) is 5.91 Å². The molecule has 0 saturated heterocycles. The molecule has 0 rings (SSSR count). The van der Waals surface area contributed by atoms with E-state index in [1.54, 1.807) is 0 Å². The molecule has 0 fully saturated rings. The van der Waals surface area contributed by atoms with Crippen molar-refractivity contribution in [2.24, 2.45) is 0 Å². The lowest BCUT2D eigenvalue weighted by Crippen LogP contribution is -2.46. The number of phosphoric acid groups is 1. The van der Waals surface area contributed by atoms with Crippen molar-refractivity contribution in [3.8, 4) is 0 Å². The Hall–Kier alpha value is -0.500. The third-order valence-corrected chi connectivity index (χ3v) is 10.6. The second kappa shape index (κ2) is 33.3. The summed E-state index contributed by atoms with van der Waals surface area (Å²) in [4.78, 5) is 23.0. The number of nitrogens with zero attached hydrogens (tertiary/aromatic N) is 1. The highest BCUT2D eigenvalue weighted by molar-refractivity contribution is 7.47. The summed E-state index contributed by atoms with van der Waals surface area (Å²) in [5.74, 6) is -0.146. The molecular weight excluding hydrogens is 635 g/mol. The summed E-state index contributed by atoms with van der Waals surface area (Å²) in [6.07, 6.45) is 34.1. The topological polar surface area (TPSA) is 105 Å². The monoisotopic (exact) mass is 720 g/mol. The van der Waals surface area contributed by atoms with Gasteiger partial charge in [-0.2, -0.15) is 0 Å². The predicted octanol–water partition coefficient (Wildman–Crippen LogP) is 11.0. The molecule has 0 aromatic carbocycles. The molecule has 8 nitrogen and oxygen atoms in total. The van der Waals surface area contributed by atoms with Gasteiger partial charge in [-0.15, -0.1) is 0 Å². The molecule has 0 aromatic rings. The van der Waals surface area contributed by atoms with Gasteiger partial charge in [0.25, 0.3) is 0 Å². The number of aliphatic hydroxyl groups excluding tert-OH is 1. The van der Waals surface area contributed by atoms with Crippen molar-refractivity contribution in [1.82, 2.24) is 5.32 Å². The van der Waals surface area contributed by atoms with Crippen LogP contribution in [0.3, 0.4) is 0 Å². The number of hydrogen-bond donors (Lipinski definition) is 3. The molecule has 0 aliphatic rings. The zero-order valence-corrected chi connectivity index (χ0v) is 34.1. The lowest BCUT2D eigenvalue weighted by atomic mass is 10.0. The molecule has 0 aliphatic heterocycles. The fraction of sp³-hybridized carbons (Fsp3) is 0.975. The number of unbranched alkanes of at least 4 members (excludes halogenated alkanes) is 25. The second-order valence-corrected chi connectivity index (χ2v) is 17.2. The molecule has 294 valence electrons. The number of phosphoric ester groups is 1. The molecule has 0 bridgehead atoms. The SMILES string of the molecule is CCCCCCCCCCCCCCCCCCCCC(O)C(COP(=O)(O)OCC[N+](C)(C)C)NC(=O)CCCCCCCCCCC. The lowest BCUT2D eigenvalue weighted by molar-refractivity contribution is -0.870. The third kappa shape index (κ3) is 35.7. The van der Waals surface area contributed by atoms with E-state index in [-0.39, 0.29) is 19.1 Å². The molecule has 0 aliphatic carbocycles. The highest BCUT2D eigenvalue weighted by atomic mass is 31.2. The standard InChI is InChI=1S/C40H83N2O6P/c1-6-8-10-12-14-16-17-18-19-20-21-22-23-24-26-27-29-31-33-39(43)38(37-48-49(45,46)47-36-35-42(3,4)5)41-40(44)34-32-30-28-25-15-13-11-9-7-2/h38-39,43H,6-37H2,1-5H3,(H-,41,44,45,46)/p+1. The molecule has 3 atom stereocenters. The first-order valence-electron chi connectivity index (χ1n) is 20.9. The molecule has 0 heterocycles. The number of carbonyl (C=O) groups excluding carboxylic acids is 1. The van der Waals surface area contributed by atoms with E-state index in [1.807, 2.05) is 21.1 Å². The van der Waals surface area contributed by atoms with Crippen LogP contribution in [-0.2, 0) is 18.4 Å². The van der Waals surface area contributed by atoms with Crippen LogP contribution in [0.15, 0.2) is 0 Å². The van der Waals surface area contributed by atoms with E-state index in [2.05, 4.69) is 19.2 Å². The van der Waals surface area contributed by atoms with Crippen LogP contribution < -0.4 is 5.32 Å². The summed E-state index contributed by atoms with van der Waals surface area (Å²) in [5.41, 5.74) is 0. The highest BCUT2D eigenvalue weighted by Crippen LogP contribution is 2.43. The van der Waals surface area contributed by atoms with Gasteiger partial charge in [0.05, 0.1) is 39.9 Å². The van der Waals surface area contributed by atoms with Crippen LogP contribution in [0.1, 0.15) is 200 Å². The van der Waals surface area contributed by atoms with Crippen molar-refractivity contribution in [3.05, 3.63) is 0 Å². The summed E-state index contributed by atoms with van der Waals surface area (Å²) >= 11 is 0. The number of rotatable bonds is 38. The maximum Gasteiger partial charge on any atom is 0.472 e. The van der Waals surface area contributed by atoms with Crippen molar-refractivity contribution in [2.45, 2.75) is 212 Å². The Kier molecular flexibility index (Phi) is 33.0. The van der Waals surface area contributed by atoms with Crippen LogP contribution in [0, 0.1) is 0 Å². The number of nitrogens with one attached hydrogen (secondary N) is 1. The van der Waals surface area contributed by atoms with E-state index in [4.69, 9.17) is 9.05 Å². The first kappa shape index (κ1) is 48.5. The largest absolute Gasteiger partial charge is 0.472 e. The van der Waals surface area contributed by atoms with E-state index in [9.17, 15) is 19.4 Å². The van der Waals surface area contributed by atoms with E-state index in [1.165, 1.54) is 135 Å². The van der Waals surface area contributed by atoms with Gasteiger partial charge in [0.1, 0.15) is 13.2 Å². The average Bonchev–Trinajstić information content (AvgIpc) is 3.04. The zero-order valence-electron chi connectivity index (χ0n) is 33.2. The lowest BCUT2D eigenvalue weighted by Gasteiger charge is -2.26. The van der Waals surface area contributed by atoms with E-state index in [0.29, 0.717) is 23.9 Å². The Balaban J connectivity index is 4.30. The molecule has 3 N–H and O–H groups in total. The Morgan fingerprint density at radius 2 is 0.980 bits per heavy atom. The first-order valence-corrected chi connectivity index (χ1v) is 22.4. The highest BCUT2D eigenvalue weighted by Gasteiger charge is 2.28. The van der Waals surface area contributed by atoms with Crippen LogP contribution in [0.25, 0.3) is 0 Å². The van der Waals surface area contributed by atoms with Gasteiger partial charge >= 0.3 is 7.82 Å². The summed E-state index contributed by atoms with van der Waals surface area (Å²) in [6.45, 7) is 4.87. The molecule has 0 aromatic heterocycles. The van der Waals surface area contributed by atoms with E-state index >= 15 is 0 Å². The van der Waals surface area contributed by atoms with Gasteiger partial charge in [0.15, 0.2) is 0 Å². The average molecular weight is 720 g/mol. The molecule has 49 heavy (non-hydrogen) atoms. The van der Waals surface area contributed by atoms with Crippen LogP contribution in [-0.4, -0.2) is 73.4 Å². The fourth-order valence-corrected chi connectivity index (χ4v) is 6.96. The van der Waals surface area contributed by atoms with Crippen molar-refractivity contribution in [3.63, 3.8) is 0 Å². The van der Waals surface area contributed by atoms with Crippen LogP contribution in [0.2, 0.25) is 0 Å². The molecule has 0 saturated carbocycles. The number of hydrogen-bond acceptors (Lipinski definition) is 5. The van der Waals surface area contributed by atoms with Gasteiger partial charge in [-0.05, 0) is 12.8 Å². The Labute approximate surface area is 304 Å². The zero-order chi connectivity index (χ0) is 36.5. The van der Waals surface area contributed by atoms with Crippen LogP contribution >= 0.6 is 7.82 Å². The number of likely N-dealkylation sites (N-methyl/N-ethyl adjacent to an activating group) is 1. The van der Waals surface area contributed by atoms with Crippen molar-refractivity contribution in [1.29, 1.82) is 0 Å². The van der Waals surface area contributed by atoms with Gasteiger partial charge in [-0.3, -0.25) is 13.8 Å². The summed E-state index contributed by atoms with van der Waals surface area (Å²) in [6, 6.07) is -0.751. The number of amides is 1. The molecule has 0 radical (unpaired) electrons. The molecule has 9 heteroatoms. The normalized spacial score (nSPS) is 14.5. The molecular formula is C40H84N2O6P+. The quantitative estimate of drug-likeness (QED) is 0.0333. The van der Waals surface area contributed by atoms with E-state index < -0.39 is 20.0 Å². The van der Waals surface area contributed by atoms with Gasteiger partial charge in [-0.25, -0.2) is 4.57 Å². The minimum absolute atomic E-state index is 0.0781. The van der Waals surface area contributed by atoms with Crippen LogP contribution in [0.5, 0.6) is 0 Å². The third-order valence-electron chi connectivity index (χ3n) is 9.61. The Morgan fingerprint density at radius 1 is 0.612 bits per heavy atom. The minimum atomic E-state index is -4.30. The smallest absolute Gasteiger partial charge is 0.391 e. The maximum atomic E-state index is 12.8. The Morgan fingerprint density at radius 3 is 1.37 bits per heavy atom. The number of carbonyl (C=O) groups is 1. The first-order chi connectivity index (χ1) is 23.5. The maximum absolute atomic E-state index is 12.8. The van der Waals surface area contributed by atoms with Crippen LogP contribution in [0.4, 0.5) is 0 Å². The fourth-order valence-electron chi connectivity index (χ4n) is 6.22. The van der Waals surface area contributed by atoms with Crippen molar-refractivity contribution >= 4 is 13.7 Å². The Bertz CT molecular complexity index is 778. The summed E-state index contributed by atoms with van der Waals surface area (Å²) in [7, 11) is 1.62. The second-order valence-electron chi connectivity index (χ2n) is 15.7. The summed E-state index contributed by atoms with van der Waals surface area (Å²) < 4.78 is 23.5. The van der Waals surface area contributed by atoms with Gasteiger partial charge in [0, 0.05) is 6.42 Å². The minimum Gasteiger partial charge on any atom is -0.391 e.